The van der Waals surface area contributed by atoms with E-state index in [0.717, 1.165) is 24.9 Å². The summed E-state index contributed by atoms with van der Waals surface area (Å²) in [4.78, 5) is 14.3. The van der Waals surface area contributed by atoms with Crippen molar-refractivity contribution in [1.29, 1.82) is 0 Å². The number of hydrogen-bond donors (Lipinski definition) is 1. The molecule has 5 nitrogen and oxygen atoms in total. The number of aryl methyl sites for hydroxylation is 1. The number of halogens is 1. The molecule has 0 radical (unpaired) electrons. The van der Waals surface area contributed by atoms with Crippen molar-refractivity contribution in [3.63, 3.8) is 0 Å². The Morgan fingerprint density at radius 2 is 2.13 bits per heavy atom. The van der Waals surface area contributed by atoms with E-state index in [1.54, 1.807) is 25.1 Å². The number of benzene rings is 1. The van der Waals surface area contributed by atoms with E-state index in [2.05, 4.69) is 15.4 Å². The quantitative estimate of drug-likeness (QED) is 0.852. The zero-order valence-electron chi connectivity index (χ0n) is 13.1. The van der Waals surface area contributed by atoms with Crippen LogP contribution in [0.4, 0.5) is 10.2 Å². The predicted octanol–water partition coefficient (Wildman–Crippen LogP) is 3.12. The standard InChI is InChI=1S/C17H20FN3O2/c1-12-10-16(20-23-12)19-17(22)8-9-21(15-6-7-15)11-13-2-4-14(18)5-3-13/h2-5,10,15H,6-9,11H2,1H3,(H,19,20,22). The predicted molar refractivity (Wildman–Crippen MR) is 84.3 cm³/mol. The van der Waals surface area contributed by atoms with Crippen LogP contribution in [0.1, 0.15) is 30.6 Å². The summed E-state index contributed by atoms with van der Waals surface area (Å²) in [7, 11) is 0. The number of carbonyl (C=O) groups excluding carboxylic acids is 1. The number of hydrogen-bond acceptors (Lipinski definition) is 4. The van der Waals surface area contributed by atoms with Crippen molar-refractivity contribution in [1.82, 2.24) is 10.1 Å². The van der Waals surface area contributed by atoms with Crippen LogP contribution in [-0.2, 0) is 11.3 Å². The van der Waals surface area contributed by atoms with Crippen LogP contribution >= 0.6 is 0 Å². The number of carbonyl (C=O) groups is 1. The molecule has 0 saturated heterocycles. The number of nitrogens with one attached hydrogen (secondary N) is 1. The Balaban J connectivity index is 1.51. The van der Waals surface area contributed by atoms with Crippen LogP contribution < -0.4 is 5.32 Å². The molecule has 2 aromatic rings. The van der Waals surface area contributed by atoms with Crippen molar-refractivity contribution >= 4 is 11.7 Å². The summed E-state index contributed by atoms with van der Waals surface area (Å²) in [5.41, 5.74) is 1.06. The molecule has 1 aliphatic carbocycles. The number of anilines is 1. The number of rotatable bonds is 7. The summed E-state index contributed by atoms with van der Waals surface area (Å²) in [5.74, 6) is 0.803. The lowest BCUT2D eigenvalue weighted by atomic mass is 10.2. The average Bonchev–Trinajstić information content (AvgIpc) is 3.29. The average molecular weight is 317 g/mol. The molecule has 3 rings (SSSR count). The van der Waals surface area contributed by atoms with E-state index < -0.39 is 0 Å². The van der Waals surface area contributed by atoms with Crippen molar-refractivity contribution in [3.05, 3.63) is 47.5 Å². The van der Waals surface area contributed by atoms with Gasteiger partial charge >= 0.3 is 0 Å². The SMILES string of the molecule is Cc1cc(NC(=O)CCN(Cc2ccc(F)cc2)C2CC2)no1. The van der Waals surface area contributed by atoms with Crippen LogP contribution in [0.3, 0.4) is 0 Å². The summed E-state index contributed by atoms with van der Waals surface area (Å²) in [6, 6.07) is 8.75. The van der Waals surface area contributed by atoms with Gasteiger partial charge in [-0.3, -0.25) is 9.69 Å². The number of aromatic nitrogens is 1. The summed E-state index contributed by atoms with van der Waals surface area (Å²) in [5, 5.41) is 6.48. The van der Waals surface area contributed by atoms with Crippen LogP contribution in [0, 0.1) is 12.7 Å². The molecular weight excluding hydrogens is 297 g/mol. The zero-order chi connectivity index (χ0) is 16.2. The Morgan fingerprint density at radius 3 is 2.74 bits per heavy atom. The van der Waals surface area contributed by atoms with E-state index in [1.807, 2.05) is 0 Å². The second-order valence-electron chi connectivity index (χ2n) is 5.95. The van der Waals surface area contributed by atoms with Crippen LogP contribution in [0.5, 0.6) is 0 Å². The van der Waals surface area contributed by atoms with Gasteiger partial charge in [-0.25, -0.2) is 4.39 Å². The molecule has 122 valence electrons. The van der Waals surface area contributed by atoms with Gasteiger partial charge in [0.2, 0.25) is 5.91 Å². The third-order valence-corrected chi connectivity index (χ3v) is 3.88. The van der Waals surface area contributed by atoms with E-state index in [9.17, 15) is 9.18 Å². The molecule has 23 heavy (non-hydrogen) atoms. The van der Waals surface area contributed by atoms with Crippen molar-refractivity contribution in [2.24, 2.45) is 0 Å². The van der Waals surface area contributed by atoms with Gasteiger partial charge in [0, 0.05) is 31.6 Å². The highest BCUT2D eigenvalue weighted by Gasteiger charge is 2.29. The van der Waals surface area contributed by atoms with E-state index >= 15 is 0 Å². The fourth-order valence-corrected chi connectivity index (χ4v) is 2.53. The molecule has 6 heteroatoms. The van der Waals surface area contributed by atoms with E-state index in [1.165, 1.54) is 12.1 Å². The maximum Gasteiger partial charge on any atom is 0.226 e. The topological polar surface area (TPSA) is 58.4 Å². The van der Waals surface area contributed by atoms with Gasteiger partial charge in [-0.1, -0.05) is 17.3 Å². The van der Waals surface area contributed by atoms with Crippen LogP contribution in [-0.4, -0.2) is 28.6 Å². The first-order valence-corrected chi connectivity index (χ1v) is 7.82. The van der Waals surface area contributed by atoms with E-state index in [4.69, 9.17) is 4.52 Å². The first kappa shape index (κ1) is 15.7. The molecular formula is C17H20FN3O2. The van der Waals surface area contributed by atoms with Crippen LogP contribution in [0.15, 0.2) is 34.9 Å². The first-order valence-electron chi connectivity index (χ1n) is 7.82. The number of amides is 1. The molecule has 1 fully saturated rings. The molecule has 0 aliphatic heterocycles. The molecule has 1 heterocycles. The molecule has 0 unspecified atom stereocenters. The Bertz CT molecular complexity index is 665. The lowest BCUT2D eigenvalue weighted by molar-refractivity contribution is -0.116. The maximum absolute atomic E-state index is 13.0. The van der Waals surface area contributed by atoms with Gasteiger partial charge in [-0.2, -0.15) is 0 Å². The molecule has 0 atom stereocenters. The first-order chi connectivity index (χ1) is 11.1. The highest BCUT2D eigenvalue weighted by atomic mass is 19.1. The Morgan fingerprint density at radius 1 is 1.39 bits per heavy atom. The smallest absolute Gasteiger partial charge is 0.226 e. The summed E-state index contributed by atoms with van der Waals surface area (Å²) in [6.45, 7) is 3.19. The van der Waals surface area contributed by atoms with Gasteiger partial charge in [0.05, 0.1) is 0 Å². The van der Waals surface area contributed by atoms with Gasteiger partial charge < -0.3 is 9.84 Å². The van der Waals surface area contributed by atoms with Crippen molar-refractivity contribution < 1.29 is 13.7 Å². The normalized spacial score (nSPS) is 14.2. The molecule has 1 aromatic carbocycles. The Labute approximate surface area is 134 Å². The van der Waals surface area contributed by atoms with E-state index in [-0.39, 0.29) is 11.7 Å². The molecule has 0 bridgehead atoms. The highest BCUT2D eigenvalue weighted by Crippen LogP contribution is 2.28. The summed E-state index contributed by atoms with van der Waals surface area (Å²) < 4.78 is 17.9. The van der Waals surface area contributed by atoms with Crippen molar-refractivity contribution in [3.8, 4) is 0 Å². The minimum Gasteiger partial charge on any atom is -0.360 e. The molecule has 0 spiro atoms. The molecule has 1 aromatic heterocycles. The molecule has 1 saturated carbocycles. The second-order valence-corrected chi connectivity index (χ2v) is 5.95. The lowest BCUT2D eigenvalue weighted by Gasteiger charge is -2.21. The number of nitrogens with zero attached hydrogens (tertiary/aromatic N) is 2. The minimum absolute atomic E-state index is 0.0805. The van der Waals surface area contributed by atoms with Crippen LogP contribution in [0.2, 0.25) is 0 Å². The maximum atomic E-state index is 13.0. The van der Waals surface area contributed by atoms with Gasteiger partial charge in [-0.05, 0) is 37.5 Å². The summed E-state index contributed by atoms with van der Waals surface area (Å²) >= 11 is 0. The summed E-state index contributed by atoms with van der Waals surface area (Å²) in [6.07, 6.45) is 2.71. The van der Waals surface area contributed by atoms with Crippen molar-refractivity contribution in [2.75, 3.05) is 11.9 Å². The van der Waals surface area contributed by atoms with Crippen LogP contribution in [0.25, 0.3) is 0 Å². The Hall–Kier alpha value is -2.21. The molecule has 1 N–H and O–H groups in total. The zero-order valence-corrected chi connectivity index (χ0v) is 13.1. The molecule has 1 amide bonds. The highest BCUT2D eigenvalue weighted by molar-refractivity contribution is 5.89. The largest absolute Gasteiger partial charge is 0.360 e. The van der Waals surface area contributed by atoms with Gasteiger partial charge in [0.15, 0.2) is 5.82 Å². The third-order valence-electron chi connectivity index (χ3n) is 3.88. The van der Waals surface area contributed by atoms with Crippen molar-refractivity contribution in [2.45, 2.75) is 38.8 Å². The monoisotopic (exact) mass is 317 g/mol. The fraction of sp³-hybridized carbons (Fsp3) is 0.412. The van der Waals surface area contributed by atoms with Gasteiger partial charge in [-0.15, -0.1) is 0 Å². The Kier molecular flexibility index (Phi) is 4.71. The lowest BCUT2D eigenvalue weighted by Crippen LogP contribution is -2.29. The fourth-order valence-electron chi connectivity index (χ4n) is 2.53. The van der Waals surface area contributed by atoms with E-state index in [0.29, 0.717) is 30.6 Å². The molecule has 1 aliphatic rings. The van der Waals surface area contributed by atoms with Gasteiger partial charge in [0.1, 0.15) is 11.6 Å². The van der Waals surface area contributed by atoms with Gasteiger partial charge in [0.25, 0.3) is 0 Å². The second kappa shape index (κ2) is 6.91. The third kappa shape index (κ3) is 4.63. The minimum atomic E-state index is -0.228.